The van der Waals surface area contributed by atoms with E-state index in [4.69, 9.17) is 10.5 Å². The molecule has 1 atom stereocenters. The summed E-state index contributed by atoms with van der Waals surface area (Å²) in [5, 5.41) is 6.06. The number of nitrogens with two attached hydrogens (primary N) is 1. The number of nitrogen functional groups attached to an aromatic ring is 1. The number of benzene rings is 1. The summed E-state index contributed by atoms with van der Waals surface area (Å²) >= 11 is 1.43. The van der Waals surface area contributed by atoms with Gasteiger partial charge in [0.25, 0.3) is 0 Å². The molecule has 1 aromatic heterocycles. The van der Waals surface area contributed by atoms with Gasteiger partial charge in [0.15, 0.2) is 0 Å². The number of hydrogen-bond acceptors (Lipinski definition) is 8. The fraction of sp³-hybridized carbons (Fsp3) is 0.444. The number of aromatic nitrogens is 3. The number of nitrogens with zero attached hydrogens (tertiary/aromatic N) is 3. The molecule has 4 N–H and O–H groups in total. The number of rotatable bonds is 9. The van der Waals surface area contributed by atoms with Crippen LogP contribution in [0.3, 0.4) is 0 Å². The monoisotopic (exact) mass is 390 g/mol. The van der Waals surface area contributed by atoms with Crippen LogP contribution in [-0.4, -0.2) is 39.8 Å². The summed E-state index contributed by atoms with van der Waals surface area (Å²) in [6, 6.07) is 7.58. The van der Waals surface area contributed by atoms with Gasteiger partial charge in [0, 0.05) is 6.04 Å². The van der Waals surface area contributed by atoms with Gasteiger partial charge in [-0.05, 0) is 25.0 Å². The van der Waals surface area contributed by atoms with Gasteiger partial charge in [-0.2, -0.15) is 15.0 Å². The smallest absolute Gasteiger partial charge is 0.232 e. The first kappa shape index (κ1) is 20.8. The highest BCUT2D eigenvalue weighted by Gasteiger charge is 2.12. The lowest BCUT2D eigenvalue weighted by Crippen LogP contribution is -2.37. The second kappa shape index (κ2) is 9.96. The molecule has 27 heavy (non-hydrogen) atoms. The molecule has 1 aromatic carbocycles. The van der Waals surface area contributed by atoms with Crippen molar-refractivity contribution in [2.45, 2.75) is 32.6 Å². The van der Waals surface area contributed by atoms with Crippen LogP contribution in [-0.2, 0) is 10.5 Å². The van der Waals surface area contributed by atoms with Crippen LogP contribution < -0.4 is 21.1 Å². The standard InChI is InChI=1S/C18H26N6O2S/c1-11(2)12(3)20-16(25)10-27-9-15-22-17(19)24-18(23-15)21-13-7-5-6-8-14(13)26-4/h5-8,11-12H,9-10H2,1-4H3,(H,20,25)(H3,19,21,22,23,24). The molecular weight excluding hydrogens is 364 g/mol. The summed E-state index contributed by atoms with van der Waals surface area (Å²) in [5.41, 5.74) is 6.52. The van der Waals surface area contributed by atoms with Crippen molar-refractivity contribution in [1.29, 1.82) is 0 Å². The Hall–Kier alpha value is -2.55. The van der Waals surface area contributed by atoms with Crippen molar-refractivity contribution in [3.05, 3.63) is 30.1 Å². The van der Waals surface area contributed by atoms with Crippen LogP contribution in [0.15, 0.2) is 24.3 Å². The van der Waals surface area contributed by atoms with Gasteiger partial charge in [0.05, 0.1) is 24.3 Å². The van der Waals surface area contributed by atoms with Crippen molar-refractivity contribution in [3.63, 3.8) is 0 Å². The zero-order chi connectivity index (χ0) is 19.8. The van der Waals surface area contributed by atoms with E-state index < -0.39 is 0 Å². The number of hydrogen-bond donors (Lipinski definition) is 3. The highest BCUT2D eigenvalue weighted by Crippen LogP contribution is 2.25. The van der Waals surface area contributed by atoms with Gasteiger partial charge in [0.2, 0.25) is 17.8 Å². The molecule has 0 bridgehead atoms. The number of anilines is 3. The molecule has 2 aromatic rings. The fourth-order valence-corrected chi connectivity index (χ4v) is 2.81. The molecule has 0 aliphatic rings. The average molecular weight is 391 g/mol. The molecule has 8 nitrogen and oxygen atoms in total. The van der Waals surface area contributed by atoms with Crippen LogP contribution in [0.25, 0.3) is 0 Å². The lowest BCUT2D eigenvalue weighted by Gasteiger charge is -2.17. The van der Waals surface area contributed by atoms with Crippen LogP contribution >= 0.6 is 11.8 Å². The third-order valence-electron chi connectivity index (χ3n) is 3.91. The second-order valence-electron chi connectivity index (χ2n) is 6.35. The van der Waals surface area contributed by atoms with Gasteiger partial charge < -0.3 is 21.1 Å². The molecule has 1 amide bonds. The number of carbonyl (C=O) groups excluding carboxylic acids is 1. The summed E-state index contributed by atoms with van der Waals surface area (Å²) in [7, 11) is 1.59. The highest BCUT2D eigenvalue weighted by atomic mass is 32.2. The third-order valence-corrected chi connectivity index (χ3v) is 4.83. The molecule has 0 saturated heterocycles. The van der Waals surface area contributed by atoms with Crippen LogP contribution in [0, 0.1) is 5.92 Å². The van der Waals surface area contributed by atoms with Crippen molar-refractivity contribution in [3.8, 4) is 5.75 Å². The minimum atomic E-state index is -0.00408. The number of thioether (sulfide) groups is 1. The lowest BCUT2D eigenvalue weighted by molar-refractivity contribution is -0.119. The number of ether oxygens (including phenoxy) is 1. The number of methoxy groups -OCH3 is 1. The number of amides is 1. The van der Waals surface area contributed by atoms with E-state index in [1.54, 1.807) is 7.11 Å². The fourth-order valence-electron chi connectivity index (χ4n) is 2.12. The summed E-state index contributed by atoms with van der Waals surface area (Å²) < 4.78 is 5.30. The summed E-state index contributed by atoms with van der Waals surface area (Å²) in [4.78, 5) is 24.6. The van der Waals surface area contributed by atoms with Gasteiger partial charge in [-0.1, -0.05) is 26.0 Å². The Morgan fingerprint density at radius 3 is 2.67 bits per heavy atom. The van der Waals surface area contributed by atoms with Gasteiger partial charge in [-0.15, -0.1) is 11.8 Å². The molecule has 1 heterocycles. The van der Waals surface area contributed by atoms with Crippen LogP contribution in [0.5, 0.6) is 5.75 Å². The SMILES string of the molecule is COc1ccccc1Nc1nc(N)nc(CSCC(=O)NC(C)C(C)C)n1. The zero-order valence-corrected chi connectivity index (χ0v) is 16.8. The van der Waals surface area contributed by atoms with Crippen LogP contribution in [0.4, 0.5) is 17.6 Å². The van der Waals surface area contributed by atoms with E-state index in [-0.39, 0.29) is 17.9 Å². The summed E-state index contributed by atoms with van der Waals surface area (Å²) in [5.74, 6) is 2.81. The van der Waals surface area contributed by atoms with Gasteiger partial charge >= 0.3 is 0 Å². The molecule has 0 radical (unpaired) electrons. The molecule has 0 aliphatic heterocycles. The Bertz CT molecular complexity index is 771. The van der Waals surface area contributed by atoms with Crippen LogP contribution in [0.1, 0.15) is 26.6 Å². The Kier molecular flexibility index (Phi) is 7.66. The van der Waals surface area contributed by atoms with Crippen molar-refractivity contribution >= 4 is 35.3 Å². The number of carbonyl (C=O) groups is 1. The van der Waals surface area contributed by atoms with E-state index in [0.29, 0.717) is 34.9 Å². The van der Waals surface area contributed by atoms with Gasteiger partial charge in [-0.3, -0.25) is 4.79 Å². The van der Waals surface area contributed by atoms with Gasteiger partial charge in [-0.25, -0.2) is 0 Å². The van der Waals surface area contributed by atoms with Crippen LogP contribution in [0.2, 0.25) is 0 Å². The lowest BCUT2D eigenvalue weighted by atomic mass is 10.1. The molecule has 0 saturated carbocycles. The molecule has 2 rings (SSSR count). The van der Waals surface area contributed by atoms with Crippen molar-refractivity contribution in [1.82, 2.24) is 20.3 Å². The minimum absolute atomic E-state index is 0.00408. The molecule has 0 spiro atoms. The maximum Gasteiger partial charge on any atom is 0.232 e. The van der Waals surface area contributed by atoms with Crippen molar-refractivity contribution in [2.75, 3.05) is 23.9 Å². The van der Waals surface area contributed by atoms with E-state index in [1.165, 1.54) is 11.8 Å². The predicted octanol–water partition coefficient (Wildman–Crippen LogP) is 2.60. The number of para-hydroxylation sites is 2. The zero-order valence-electron chi connectivity index (χ0n) is 16.0. The molecule has 0 aliphatic carbocycles. The first-order valence-electron chi connectivity index (χ1n) is 8.66. The third kappa shape index (κ3) is 6.59. The largest absolute Gasteiger partial charge is 0.495 e. The normalized spacial score (nSPS) is 11.9. The first-order chi connectivity index (χ1) is 12.9. The Labute approximate surface area is 163 Å². The van der Waals surface area contributed by atoms with E-state index in [1.807, 2.05) is 31.2 Å². The van der Waals surface area contributed by atoms with E-state index in [0.717, 1.165) is 5.69 Å². The Morgan fingerprint density at radius 1 is 1.22 bits per heavy atom. The maximum absolute atomic E-state index is 12.0. The molecule has 1 unspecified atom stereocenters. The Balaban J connectivity index is 1.96. The summed E-state index contributed by atoms with van der Waals surface area (Å²) in [6.07, 6.45) is 0. The molecule has 146 valence electrons. The predicted molar refractivity (Wildman–Crippen MR) is 109 cm³/mol. The molecule has 0 fully saturated rings. The second-order valence-corrected chi connectivity index (χ2v) is 7.34. The quantitative estimate of drug-likeness (QED) is 0.598. The van der Waals surface area contributed by atoms with E-state index in [9.17, 15) is 4.79 Å². The van der Waals surface area contributed by atoms with E-state index in [2.05, 4.69) is 39.4 Å². The first-order valence-corrected chi connectivity index (χ1v) is 9.82. The minimum Gasteiger partial charge on any atom is -0.495 e. The van der Waals surface area contributed by atoms with Crippen molar-refractivity contribution in [2.24, 2.45) is 5.92 Å². The maximum atomic E-state index is 12.0. The van der Waals surface area contributed by atoms with Gasteiger partial charge in [0.1, 0.15) is 11.6 Å². The molecule has 9 heteroatoms. The summed E-state index contributed by atoms with van der Waals surface area (Å²) in [6.45, 7) is 6.14. The Morgan fingerprint density at radius 2 is 1.96 bits per heavy atom. The van der Waals surface area contributed by atoms with E-state index >= 15 is 0 Å². The average Bonchev–Trinajstić information content (AvgIpc) is 2.61. The highest BCUT2D eigenvalue weighted by molar-refractivity contribution is 7.99. The topological polar surface area (TPSA) is 115 Å². The van der Waals surface area contributed by atoms with Crippen molar-refractivity contribution < 1.29 is 9.53 Å². The molecular formula is C18H26N6O2S. The number of nitrogens with one attached hydrogen (secondary N) is 2.